The predicted octanol–water partition coefficient (Wildman–Crippen LogP) is 1.15. The summed E-state index contributed by atoms with van der Waals surface area (Å²) < 4.78 is 7.65. The molecule has 0 bridgehead atoms. The Bertz CT molecular complexity index is 533. The van der Waals surface area contributed by atoms with Gasteiger partial charge in [0, 0.05) is 20.2 Å². The van der Waals surface area contributed by atoms with E-state index in [0.29, 0.717) is 18.3 Å². The molecule has 1 aromatic rings. The van der Waals surface area contributed by atoms with Gasteiger partial charge in [-0.15, -0.1) is 5.10 Å². The molecular weight excluding hydrogens is 294 g/mol. The van der Waals surface area contributed by atoms with Crippen molar-refractivity contribution < 1.29 is 9.53 Å². The fourth-order valence-corrected chi connectivity index (χ4v) is 3.46. The number of hydrogen-bond acceptors (Lipinski definition) is 5. The van der Waals surface area contributed by atoms with E-state index < -0.39 is 0 Å². The van der Waals surface area contributed by atoms with Crippen LogP contribution in [0, 0.1) is 6.92 Å². The van der Waals surface area contributed by atoms with Crippen molar-refractivity contribution >= 4 is 5.91 Å². The first-order valence-electron chi connectivity index (χ1n) is 8.66. The Hall–Kier alpha value is -1.47. The van der Waals surface area contributed by atoms with E-state index in [2.05, 4.69) is 15.6 Å². The molecule has 0 saturated carbocycles. The number of hydrogen-bond donors (Lipinski definition) is 1. The van der Waals surface area contributed by atoms with Gasteiger partial charge in [-0.25, -0.2) is 4.68 Å². The lowest BCUT2D eigenvalue weighted by molar-refractivity contribution is -0.000310. The molecular formula is C16H27N5O2. The van der Waals surface area contributed by atoms with Crippen molar-refractivity contribution in [1.82, 2.24) is 25.2 Å². The minimum absolute atomic E-state index is 0.0585. The van der Waals surface area contributed by atoms with E-state index in [1.165, 1.54) is 6.42 Å². The van der Waals surface area contributed by atoms with Crippen LogP contribution in [0.25, 0.3) is 0 Å². The van der Waals surface area contributed by atoms with Gasteiger partial charge in [-0.2, -0.15) is 0 Å². The molecule has 2 saturated heterocycles. The lowest BCUT2D eigenvalue weighted by Crippen LogP contribution is -2.37. The Morgan fingerprint density at radius 1 is 1.35 bits per heavy atom. The van der Waals surface area contributed by atoms with Gasteiger partial charge in [-0.1, -0.05) is 5.21 Å². The van der Waals surface area contributed by atoms with E-state index >= 15 is 0 Å². The van der Waals surface area contributed by atoms with Gasteiger partial charge in [0.05, 0.1) is 17.8 Å². The first-order valence-corrected chi connectivity index (χ1v) is 8.66. The summed E-state index contributed by atoms with van der Waals surface area (Å²) in [5, 5.41) is 11.8. The molecule has 2 aliphatic heterocycles. The van der Waals surface area contributed by atoms with Gasteiger partial charge in [0.1, 0.15) is 0 Å². The number of ether oxygens (including phenoxy) is 1. The van der Waals surface area contributed by atoms with Crippen LogP contribution >= 0.6 is 0 Å². The molecule has 0 unspecified atom stereocenters. The van der Waals surface area contributed by atoms with Gasteiger partial charge in [-0.05, 0) is 52.1 Å². The lowest BCUT2D eigenvalue weighted by atomic mass is 10.1. The highest BCUT2D eigenvalue weighted by Gasteiger charge is 2.26. The van der Waals surface area contributed by atoms with Crippen molar-refractivity contribution in [2.45, 2.75) is 51.2 Å². The molecule has 7 heteroatoms. The predicted molar refractivity (Wildman–Crippen MR) is 86.5 cm³/mol. The molecule has 2 aliphatic rings. The summed E-state index contributed by atoms with van der Waals surface area (Å²) in [6.45, 7) is 5.36. The number of nitrogens with zero attached hydrogens (tertiary/aromatic N) is 4. The average Bonchev–Trinajstić information content (AvgIpc) is 2.97. The number of amides is 1. The number of carbonyl (C=O) groups excluding carboxylic acids is 1. The summed E-state index contributed by atoms with van der Waals surface area (Å²) in [7, 11) is 1.82. The van der Waals surface area contributed by atoms with E-state index in [1.807, 2.05) is 18.7 Å². The Kier molecular flexibility index (Phi) is 5.27. The van der Waals surface area contributed by atoms with Crippen LogP contribution in [0.3, 0.4) is 0 Å². The van der Waals surface area contributed by atoms with Crippen LogP contribution in [-0.2, 0) is 4.74 Å². The molecule has 1 aromatic heterocycles. The van der Waals surface area contributed by atoms with E-state index in [1.54, 1.807) is 4.90 Å². The molecule has 3 rings (SSSR count). The summed E-state index contributed by atoms with van der Waals surface area (Å²) in [5.74, 6) is -0.0585. The van der Waals surface area contributed by atoms with Crippen LogP contribution in [-0.4, -0.2) is 65.2 Å². The molecule has 23 heavy (non-hydrogen) atoms. The van der Waals surface area contributed by atoms with Crippen molar-refractivity contribution in [3.05, 3.63) is 11.4 Å². The second kappa shape index (κ2) is 7.40. The number of rotatable bonds is 4. The fourth-order valence-electron chi connectivity index (χ4n) is 3.46. The number of aromatic nitrogens is 3. The molecule has 0 spiro atoms. The molecule has 0 radical (unpaired) electrons. The average molecular weight is 321 g/mol. The van der Waals surface area contributed by atoms with Crippen LogP contribution in [0.5, 0.6) is 0 Å². The third-order valence-corrected chi connectivity index (χ3v) is 4.88. The van der Waals surface area contributed by atoms with Gasteiger partial charge in [0.15, 0.2) is 5.69 Å². The highest BCUT2D eigenvalue weighted by molar-refractivity contribution is 5.93. The Morgan fingerprint density at radius 3 is 2.83 bits per heavy atom. The summed E-state index contributed by atoms with van der Waals surface area (Å²) in [6.07, 6.45) is 5.54. The van der Waals surface area contributed by atoms with E-state index in [9.17, 15) is 4.79 Å². The minimum Gasteiger partial charge on any atom is -0.376 e. The molecule has 128 valence electrons. The SMILES string of the molecule is Cc1c(C(=O)N(C)C[C@@H]2CCCCO2)nnn1C1CCNCC1. The van der Waals surface area contributed by atoms with E-state index in [4.69, 9.17) is 4.74 Å². The first-order chi connectivity index (χ1) is 11.2. The number of carbonyl (C=O) groups is 1. The topological polar surface area (TPSA) is 72.3 Å². The van der Waals surface area contributed by atoms with Crippen molar-refractivity contribution in [1.29, 1.82) is 0 Å². The van der Waals surface area contributed by atoms with Gasteiger partial charge < -0.3 is 15.0 Å². The van der Waals surface area contributed by atoms with Gasteiger partial charge in [-0.3, -0.25) is 4.79 Å². The Labute approximate surface area is 137 Å². The summed E-state index contributed by atoms with van der Waals surface area (Å²) >= 11 is 0. The number of likely N-dealkylation sites (N-methyl/N-ethyl adjacent to an activating group) is 1. The van der Waals surface area contributed by atoms with Crippen LogP contribution < -0.4 is 5.32 Å². The first kappa shape index (κ1) is 16.4. The van der Waals surface area contributed by atoms with Crippen LogP contribution in [0.2, 0.25) is 0 Å². The van der Waals surface area contributed by atoms with E-state index in [0.717, 1.165) is 51.1 Å². The third-order valence-electron chi connectivity index (χ3n) is 4.88. The molecule has 3 heterocycles. The highest BCUT2D eigenvalue weighted by Crippen LogP contribution is 2.21. The van der Waals surface area contributed by atoms with Crippen LogP contribution in [0.1, 0.15) is 54.3 Å². The quantitative estimate of drug-likeness (QED) is 0.901. The van der Waals surface area contributed by atoms with E-state index in [-0.39, 0.29) is 12.0 Å². The summed E-state index contributed by atoms with van der Waals surface area (Å²) in [6, 6.07) is 0.345. The maximum Gasteiger partial charge on any atom is 0.276 e. The Morgan fingerprint density at radius 2 is 2.13 bits per heavy atom. The van der Waals surface area contributed by atoms with Crippen LogP contribution in [0.15, 0.2) is 0 Å². The maximum atomic E-state index is 12.7. The maximum absolute atomic E-state index is 12.7. The molecule has 1 amide bonds. The zero-order valence-electron chi connectivity index (χ0n) is 14.1. The minimum atomic E-state index is -0.0585. The summed E-state index contributed by atoms with van der Waals surface area (Å²) in [5.41, 5.74) is 1.35. The van der Waals surface area contributed by atoms with Crippen LogP contribution in [0.4, 0.5) is 0 Å². The lowest BCUT2D eigenvalue weighted by Gasteiger charge is -2.27. The highest BCUT2D eigenvalue weighted by atomic mass is 16.5. The zero-order valence-corrected chi connectivity index (χ0v) is 14.1. The smallest absolute Gasteiger partial charge is 0.276 e. The molecule has 2 fully saturated rings. The van der Waals surface area contributed by atoms with Crippen molar-refractivity contribution in [3.8, 4) is 0 Å². The normalized spacial score (nSPS) is 23.0. The fraction of sp³-hybridized carbons (Fsp3) is 0.812. The Balaban J connectivity index is 1.65. The second-order valence-corrected chi connectivity index (χ2v) is 6.62. The number of nitrogens with one attached hydrogen (secondary N) is 1. The second-order valence-electron chi connectivity index (χ2n) is 6.62. The standard InChI is InChI=1S/C16H27N5O2/c1-12-15(18-19-21(12)13-6-8-17-9-7-13)16(22)20(2)11-14-5-3-4-10-23-14/h13-14,17H,3-11H2,1-2H3/t14-/m0/s1. The largest absolute Gasteiger partial charge is 0.376 e. The molecule has 0 aliphatic carbocycles. The molecule has 0 aromatic carbocycles. The zero-order chi connectivity index (χ0) is 16.2. The summed E-state index contributed by atoms with van der Waals surface area (Å²) in [4.78, 5) is 14.4. The van der Waals surface area contributed by atoms with Crippen molar-refractivity contribution in [2.24, 2.45) is 0 Å². The van der Waals surface area contributed by atoms with Gasteiger partial charge in [0.2, 0.25) is 0 Å². The number of piperidine rings is 1. The van der Waals surface area contributed by atoms with Gasteiger partial charge in [0.25, 0.3) is 5.91 Å². The molecule has 1 N–H and O–H groups in total. The molecule has 1 atom stereocenters. The third kappa shape index (κ3) is 3.72. The van der Waals surface area contributed by atoms with Gasteiger partial charge >= 0.3 is 0 Å². The monoisotopic (exact) mass is 321 g/mol. The van der Waals surface area contributed by atoms with Crippen molar-refractivity contribution in [3.63, 3.8) is 0 Å². The molecule has 7 nitrogen and oxygen atoms in total. The van der Waals surface area contributed by atoms with Crippen molar-refractivity contribution in [2.75, 3.05) is 33.3 Å².